The van der Waals surface area contributed by atoms with Crippen LogP contribution >= 0.6 is 31.9 Å². The summed E-state index contributed by atoms with van der Waals surface area (Å²) in [7, 11) is 0. The van der Waals surface area contributed by atoms with Gasteiger partial charge in [0.2, 0.25) is 0 Å². The van der Waals surface area contributed by atoms with Gasteiger partial charge in [-0.25, -0.2) is 0 Å². The first-order valence-electron chi connectivity index (χ1n) is 7.56. The Morgan fingerprint density at radius 1 is 0.696 bits per heavy atom. The molecule has 0 amide bonds. The number of alkyl halides is 2. The van der Waals surface area contributed by atoms with Gasteiger partial charge < -0.3 is 0 Å². The highest BCUT2D eigenvalue weighted by Crippen LogP contribution is 2.21. The van der Waals surface area contributed by atoms with E-state index in [9.17, 15) is 9.59 Å². The van der Waals surface area contributed by atoms with E-state index in [1.807, 2.05) is 60.7 Å². The quantitative estimate of drug-likeness (QED) is 0.406. The monoisotopic (exact) mass is 436 g/mol. The molecule has 2 rings (SSSR count). The normalized spacial score (nSPS) is 13.3. The van der Waals surface area contributed by atoms with Gasteiger partial charge in [0.15, 0.2) is 11.6 Å². The molecule has 0 bridgehead atoms. The van der Waals surface area contributed by atoms with Gasteiger partial charge in [0.25, 0.3) is 0 Å². The third-order valence-corrected chi connectivity index (χ3v) is 5.35. The van der Waals surface area contributed by atoms with Crippen LogP contribution in [0.3, 0.4) is 0 Å². The Labute approximate surface area is 153 Å². The van der Waals surface area contributed by atoms with E-state index in [2.05, 4.69) is 31.9 Å². The average molecular weight is 438 g/mol. The zero-order valence-electron chi connectivity index (χ0n) is 12.6. The summed E-state index contributed by atoms with van der Waals surface area (Å²) in [6.07, 6.45) is 2.21. The summed E-state index contributed by atoms with van der Waals surface area (Å²) in [5.74, 6) is 0.178. The molecule has 0 aromatic heterocycles. The largest absolute Gasteiger partial charge is 0.293 e. The van der Waals surface area contributed by atoms with Gasteiger partial charge in [-0.3, -0.25) is 9.59 Å². The second kappa shape index (κ2) is 9.14. The van der Waals surface area contributed by atoms with Crippen molar-refractivity contribution in [3.05, 3.63) is 71.8 Å². The van der Waals surface area contributed by atoms with Gasteiger partial charge in [-0.2, -0.15) is 0 Å². The first kappa shape index (κ1) is 18.1. The number of carbonyl (C=O) groups excluding carboxylic acids is 2. The molecule has 0 saturated heterocycles. The lowest BCUT2D eigenvalue weighted by Crippen LogP contribution is -2.17. The molecule has 0 N–H and O–H groups in total. The van der Waals surface area contributed by atoms with Crippen LogP contribution in [-0.2, 0) is 0 Å². The van der Waals surface area contributed by atoms with Crippen LogP contribution in [0.25, 0.3) is 0 Å². The molecule has 2 aromatic rings. The molecule has 0 radical (unpaired) electrons. The lowest BCUT2D eigenvalue weighted by atomic mass is 10.0. The van der Waals surface area contributed by atoms with Gasteiger partial charge >= 0.3 is 0 Å². The van der Waals surface area contributed by atoms with Crippen molar-refractivity contribution in [3.63, 3.8) is 0 Å². The molecule has 0 saturated carbocycles. The minimum Gasteiger partial charge on any atom is -0.293 e. The number of carbonyl (C=O) groups is 2. The number of rotatable bonds is 8. The van der Waals surface area contributed by atoms with Gasteiger partial charge in [0.1, 0.15) is 0 Å². The highest BCUT2D eigenvalue weighted by molar-refractivity contribution is 9.10. The first-order valence-corrected chi connectivity index (χ1v) is 9.39. The molecule has 0 heterocycles. The van der Waals surface area contributed by atoms with Crippen molar-refractivity contribution in [2.45, 2.75) is 28.9 Å². The van der Waals surface area contributed by atoms with Crippen LogP contribution in [0, 0.1) is 0 Å². The molecule has 2 aromatic carbocycles. The van der Waals surface area contributed by atoms with Crippen molar-refractivity contribution < 1.29 is 9.59 Å². The Hall–Kier alpha value is -1.26. The molecule has 2 atom stereocenters. The van der Waals surface area contributed by atoms with E-state index < -0.39 is 0 Å². The number of hydrogen-bond acceptors (Lipinski definition) is 2. The van der Waals surface area contributed by atoms with E-state index >= 15 is 0 Å². The molecule has 0 aliphatic heterocycles. The summed E-state index contributed by atoms with van der Waals surface area (Å²) < 4.78 is 0. The van der Waals surface area contributed by atoms with Gasteiger partial charge in [-0.1, -0.05) is 98.9 Å². The molecule has 0 aliphatic rings. The van der Waals surface area contributed by atoms with Gasteiger partial charge in [0, 0.05) is 11.1 Å². The topological polar surface area (TPSA) is 34.1 Å². The lowest BCUT2D eigenvalue weighted by Gasteiger charge is -2.11. The summed E-state index contributed by atoms with van der Waals surface area (Å²) in [6, 6.07) is 18.5. The van der Waals surface area contributed by atoms with E-state index in [1.165, 1.54) is 0 Å². The highest BCUT2D eigenvalue weighted by atomic mass is 79.9. The van der Waals surface area contributed by atoms with Crippen molar-refractivity contribution in [1.82, 2.24) is 0 Å². The van der Waals surface area contributed by atoms with E-state index in [4.69, 9.17) is 0 Å². The van der Waals surface area contributed by atoms with E-state index in [-0.39, 0.29) is 21.2 Å². The fourth-order valence-electron chi connectivity index (χ4n) is 2.30. The van der Waals surface area contributed by atoms with Crippen LogP contribution in [0.4, 0.5) is 0 Å². The first-order chi connectivity index (χ1) is 11.1. The maximum absolute atomic E-state index is 12.3. The van der Waals surface area contributed by atoms with Gasteiger partial charge in [-0.05, 0) is 12.8 Å². The molecule has 0 fully saturated rings. The van der Waals surface area contributed by atoms with Crippen molar-refractivity contribution in [2.24, 2.45) is 0 Å². The van der Waals surface area contributed by atoms with Crippen LogP contribution < -0.4 is 0 Å². The van der Waals surface area contributed by atoms with E-state index in [0.29, 0.717) is 24.0 Å². The molecular formula is C19H18Br2O2. The average Bonchev–Trinajstić information content (AvgIpc) is 2.61. The number of ketones is 2. The standard InChI is InChI=1S/C19H18Br2O2/c20-16(18(22)14-8-3-1-4-9-14)12-7-13-17(21)19(23)15-10-5-2-6-11-15/h1-6,8-11,16-17H,7,12-13H2/t16-,17-/m1/s1. The molecule has 120 valence electrons. The molecule has 0 spiro atoms. The number of Topliss-reactive ketones (excluding diaryl/α,β-unsaturated/α-hetero) is 2. The summed E-state index contributed by atoms with van der Waals surface area (Å²) >= 11 is 6.92. The van der Waals surface area contributed by atoms with Crippen LogP contribution in [0.15, 0.2) is 60.7 Å². The molecule has 0 unspecified atom stereocenters. The Bertz CT molecular complexity index is 583. The van der Waals surface area contributed by atoms with Crippen LogP contribution in [-0.4, -0.2) is 21.2 Å². The minimum atomic E-state index is -0.212. The molecule has 4 heteroatoms. The fraction of sp³-hybridized carbons (Fsp3) is 0.263. The Balaban J connectivity index is 1.80. The van der Waals surface area contributed by atoms with Gasteiger partial charge in [0.05, 0.1) is 9.65 Å². The molecule has 0 aliphatic carbocycles. The number of halogens is 2. The third-order valence-electron chi connectivity index (χ3n) is 3.60. The lowest BCUT2D eigenvalue weighted by molar-refractivity contribution is 0.0988. The highest BCUT2D eigenvalue weighted by Gasteiger charge is 2.19. The minimum absolute atomic E-state index is 0.0890. The van der Waals surface area contributed by atoms with Gasteiger partial charge in [-0.15, -0.1) is 0 Å². The second-order valence-electron chi connectivity index (χ2n) is 5.33. The summed E-state index contributed by atoms with van der Waals surface area (Å²) in [4.78, 5) is 24.1. The zero-order valence-corrected chi connectivity index (χ0v) is 15.8. The van der Waals surface area contributed by atoms with Crippen molar-refractivity contribution in [1.29, 1.82) is 0 Å². The summed E-state index contributed by atoms with van der Waals surface area (Å²) in [5, 5.41) is 0. The predicted molar refractivity (Wildman–Crippen MR) is 101 cm³/mol. The van der Waals surface area contributed by atoms with Crippen LogP contribution in [0.5, 0.6) is 0 Å². The summed E-state index contributed by atoms with van der Waals surface area (Å²) in [5.41, 5.74) is 1.43. The molecule has 2 nitrogen and oxygen atoms in total. The Kier molecular flexibility index (Phi) is 7.18. The van der Waals surface area contributed by atoms with E-state index in [0.717, 1.165) is 6.42 Å². The Morgan fingerprint density at radius 2 is 1.04 bits per heavy atom. The number of hydrogen-bond donors (Lipinski definition) is 0. The van der Waals surface area contributed by atoms with Crippen molar-refractivity contribution in [2.75, 3.05) is 0 Å². The SMILES string of the molecule is O=C(c1ccccc1)[C@H](Br)CCC[C@@H](Br)C(=O)c1ccccc1. The molecule has 23 heavy (non-hydrogen) atoms. The smallest absolute Gasteiger partial charge is 0.176 e. The maximum atomic E-state index is 12.3. The predicted octanol–water partition coefficient (Wildman–Crippen LogP) is 5.45. The summed E-state index contributed by atoms with van der Waals surface area (Å²) in [6.45, 7) is 0. The van der Waals surface area contributed by atoms with Crippen LogP contribution in [0.2, 0.25) is 0 Å². The second-order valence-corrected chi connectivity index (χ2v) is 7.54. The van der Waals surface area contributed by atoms with Crippen molar-refractivity contribution >= 4 is 43.4 Å². The third kappa shape index (κ3) is 5.40. The van der Waals surface area contributed by atoms with Crippen LogP contribution in [0.1, 0.15) is 40.0 Å². The number of benzene rings is 2. The fourth-order valence-corrected chi connectivity index (χ4v) is 3.48. The van der Waals surface area contributed by atoms with E-state index in [1.54, 1.807) is 0 Å². The van der Waals surface area contributed by atoms with Crippen molar-refractivity contribution in [3.8, 4) is 0 Å². The Morgan fingerprint density at radius 3 is 1.39 bits per heavy atom. The maximum Gasteiger partial charge on any atom is 0.176 e. The molecular weight excluding hydrogens is 420 g/mol. The zero-order chi connectivity index (χ0) is 16.7.